The van der Waals surface area contributed by atoms with E-state index in [0.29, 0.717) is 25.9 Å². The van der Waals surface area contributed by atoms with E-state index < -0.39 is 6.10 Å². The number of rotatable bonds is 53. The summed E-state index contributed by atoms with van der Waals surface area (Å²) in [4.78, 5) is 25.5. The Labute approximate surface area is 445 Å². The van der Waals surface area contributed by atoms with Gasteiger partial charge in [-0.1, -0.05) is 244 Å². The van der Waals surface area contributed by atoms with Gasteiger partial charge >= 0.3 is 11.9 Å². The van der Waals surface area contributed by atoms with Crippen LogP contribution in [0.5, 0.6) is 0 Å². The second-order valence-corrected chi connectivity index (χ2v) is 19.1. The highest BCUT2D eigenvalue weighted by atomic mass is 16.6. The van der Waals surface area contributed by atoms with Crippen molar-refractivity contribution in [2.75, 3.05) is 19.8 Å². The molecule has 0 aliphatic rings. The Morgan fingerprint density at radius 3 is 1.06 bits per heavy atom. The van der Waals surface area contributed by atoms with E-state index in [0.717, 1.165) is 109 Å². The highest BCUT2D eigenvalue weighted by molar-refractivity contribution is 5.70. The van der Waals surface area contributed by atoms with Gasteiger partial charge in [0.15, 0.2) is 6.10 Å². The van der Waals surface area contributed by atoms with Gasteiger partial charge in [-0.15, -0.1) is 0 Å². The number of allylic oxidation sites excluding steroid dienone is 22. The predicted molar refractivity (Wildman–Crippen MR) is 315 cm³/mol. The molecule has 0 heterocycles. The van der Waals surface area contributed by atoms with Crippen LogP contribution in [0.25, 0.3) is 0 Å². The maximum Gasteiger partial charge on any atom is 0.306 e. The van der Waals surface area contributed by atoms with E-state index in [-0.39, 0.29) is 25.2 Å². The quantitative estimate of drug-likeness (QED) is 0.0345. The van der Waals surface area contributed by atoms with Gasteiger partial charge < -0.3 is 14.2 Å². The van der Waals surface area contributed by atoms with E-state index in [4.69, 9.17) is 14.2 Å². The minimum Gasteiger partial charge on any atom is -0.462 e. The van der Waals surface area contributed by atoms with E-state index in [9.17, 15) is 9.59 Å². The molecule has 0 rings (SSSR count). The van der Waals surface area contributed by atoms with Crippen molar-refractivity contribution in [2.45, 2.75) is 258 Å². The molecule has 0 aromatic carbocycles. The number of ether oxygens (including phenoxy) is 3. The Bertz CT molecular complexity index is 1500. The van der Waals surface area contributed by atoms with E-state index in [1.54, 1.807) is 0 Å². The largest absolute Gasteiger partial charge is 0.462 e. The number of esters is 2. The lowest BCUT2D eigenvalue weighted by atomic mass is 10.1. The Kier molecular flexibility index (Phi) is 58.0. The molecule has 5 nitrogen and oxygen atoms in total. The zero-order chi connectivity index (χ0) is 52.0. The van der Waals surface area contributed by atoms with Gasteiger partial charge in [-0.25, -0.2) is 0 Å². The lowest BCUT2D eigenvalue weighted by Gasteiger charge is -2.18. The Balaban J connectivity index is 4.44. The van der Waals surface area contributed by atoms with Crippen molar-refractivity contribution in [3.05, 3.63) is 134 Å². The van der Waals surface area contributed by atoms with Crippen molar-refractivity contribution < 1.29 is 23.8 Å². The minimum absolute atomic E-state index is 0.0370. The summed E-state index contributed by atoms with van der Waals surface area (Å²) in [6.45, 7) is 7.50. The topological polar surface area (TPSA) is 61.8 Å². The molecule has 0 amide bonds. The number of carbonyl (C=O) groups excluding carboxylic acids is 2. The number of hydrogen-bond donors (Lipinski definition) is 0. The maximum atomic E-state index is 12.9. The third-order valence-corrected chi connectivity index (χ3v) is 12.2. The Morgan fingerprint density at radius 2 is 0.639 bits per heavy atom. The summed E-state index contributed by atoms with van der Waals surface area (Å²) < 4.78 is 17.4. The van der Waals surface area contributed by atoms with Gasteiger partial charge in [0, 0.05) is 19.4 Å². The fraction of sp³-hybridized carbons (Fsp3) is 0.642. The summed E-state index contributed by atoms with van der Waals surface area (Å²) in [7, 11) is 0. The summed E-state index contributed by atoms with van der Waals surface area (Å²) >= 11 is 0. The second kappa shape index (κ2) is 61.3. The number of hydrogen-bond acceptors (Lipinski definition) is 5. The van der Waals surface area contributed by atoms with Crippen molar-refractivity contribution in [2.24, 2.45) is 0 Å². The second-order valence-electron chi connectivity index (χ2n) is 19.1. The molecule has 0 fully saturated rings. The summed E-state index contributed by atoms with van der Waals surface area (Å²) in [6, 6.07) is 0. The summed E-state index contributed by atoms with van der Waals surface area (Å²) in [5.41, 5.74) is 0. The fourth-order valence-corrected chi connectivity index (χ4v) is 7.80. The van der Waals surface area contributed by atoms with Crippen molar-refractivity contribution in [1.29, 1.82) is 0 Å². The molecule has 5 heteroatoms. The third-order valence-electron chi connectivity index (χ3n) is 12.2. The van der Waals surface area contributed by atoms with Crippen LogP contribution in [-0.2, 0) is 23.8 Å². The summed E-state index contributed by atoms with van der Waals surface area (Å²) in [5.74, 6) is -0.506. The molecule has 0 bridgehead atoms. The average Bonchev–Trinajstić information content (AvgIpc) is 3.38. The molecular formula is C67H110O5. The minimum atomic E-state index is -0.591. The Hall–Kier alpha value is -3.96. The molecule has 72 heavy (non-hydrogen) atoms. The van der Waals surface area contributed by atoms with E-state index in [2.05, 4.69) is 154 Å². The molecule has 0 aromatic rings. The van der Waals surface area contributed by atoms with E-state index >= 15 is 0 Å². The van der Waals surface area contributed by atoms with Crippen LogP contribution < -0.4 is 0 Å². The standard InChI is InChI=1S/C67H110O5/c1-4-7-10-13-16-19-22-25-28-31-33-35-38-41-44-47-50-53-56-59-62-70-63-65(72-67(69)61-58-55-52-49-46-43-40-36-30-27-24-21-18-15-12-9-6-3)64-71-66(68)60-57-54-51-48-45-42-39-37-34-32-29-26-23-20-17-14-11-8-5-2/h8-9,11-12,17-18,20-21,25-30,34,37,40,42-43,45,49,52,65H,4-7,10,13-16,19,22-24,31-33,35-36,38-39,41,44,46-48,50-51,53-64H2,1-3H3/b11-8-,12-9-,20-17-,21-18-,28-25-,29-26-,30-27-,37-34-,43-40-,45-42-,52-49-. The van der Waals surface area contributed by atoms with Crippen LogP contribution in [0.4, 0.5) is 0 Å². The number of carbonyl (C=O) groups is 2. The molecular weight excluding hydrogens is 885 g/mol. The lowest BCUT2D eigenvalue weighted by Crippen LogP contribution is -2.30. The van der Waals surface area contributed by atoms with Crippen molar-refractivity contribution in [3.8, 4) is 0 Å². The smallest absolute Gasteiger partial charge is 0.306 e. The first kappa shape index (κ1) is 68.0. The van der Waals surface area contributed by atoms with Gasteiger partial charge in [0.2, 0.25) is 0 Å². The van der Waals surface area contributed by atoms with Gasteiger partial charge in [-0.2, -0.15) is 0 Å². The molecule has 1 atom stereocenters. The van der Waals surface area contributed by atoms with Crippen LogP contribution >= 0.6 is 0 Å². The monoisotopic (exact) mass is 995 g/mol. The van der Waals surface area contributed by atoms with Crippen LogP contribution in [0.2, 0.25) is 0 Å². The first-order valence-corrected chi connectivity index (χ1v) is 29.7. The zero-order valence-electron chi connectivity index (χ0n) is 46.9. The molecule has 0 N–H and O–H groups in total. The average molecular weight is 996 g/mol. The van der Waals surface area contributed by atoms with Gasteiger partial charge in [0.05, 0.1) is 6.61 Å². The van der Waals surface area contributed by atoms with Crippen LogP contribution in [0.15, 0.2) is 134 Å². The zero-order valence-corrected chi connectivity index (χ0v) is 46.9. The summed E-state index contributed by atoms with van der Waals surface area (Å²) in [6.07, 6.45) is 87.7. The van der Waals surface area contributed by atoms with Crippen LogP contribution in [0, 0.1) is 0 Å². The maximum absolute atomic E-state index is 12.9. The molecule has 0 aliphatic carbocycles. The fourth-order valence-electron chi connectivity index (χ4n) is 7.80. The first-order valence-electron chi connectivity index (χ1n) is 29.7. The number of unbranched alkanes of at least 4 members (excludes halogenated alkanes) is 20. The van der Waals surface area contributed by atoms with Gasteiger partial charge in [0.1, 0.15) is 6.61 Å². The molecule has 1 unspecified atom stereocenters. The summed E-state index contributed by atoms with van der Waals surface area (Å²) in [5, 5.41) is 0. The Morgan fingerprint density at radius 1 is 0.319 bits per heavy atom. The molecule has 408 valence electrons. The molecule has 0 spiro atoms. The lowest BCUT2D eigenvalue weighted by molar-refractivity contribution is -0.162. The first-order chi connectivity index (χ1) is 35.6. The van der Waals surface area contributed by atoms with Crippen LogP contribution in [0.1, 0.15) is 252 Å². The molecule has 0 aliphatic heterocycles. The van der Waals surface area contributed by atoms with Crippen LogP contribution in [-0.4, -0.2) is 37.9 Å². The third kappa shape index (κ3) is 58.6. The molecule has 0 saturated heterocycles. The van der Waals surface area contributed by atoms with Crippen LogP contribution in [0.3, 0.4) is 0 Å². The van der Waals surface area contributed by atoms with E-state index in [1.165, 1.54) is 103 Å². The van der Waals surface area contributed by atoms with Gasteiger partial charge in [-0.3, -0.25) is 9.59 Å². The highest BCUT2D eigenvalue weighted by Gasteiger charge is 2.17. The van der Waals surface area contributed by atoms with Crippen molar-refractivity contribution in [3.63, 3.8) is 0 Å². The normalized spacial score (nSPS) is 13.2. The van der Waals surface area contributed by atoms with Crippen molar-refractivity contribution >= 4 is 11.9 Å². The SMILES string of the molecule is CC/C=C\C/C=C\C/C=C\C/C=C\C/C=C\CCCCCC(=O)OCC(COCCCCCCCCCCCC/C=C\CCCCCCCC)OC(=O)CCC/C=C\C/C=C\C/C=C\C/C=C\C/C=C\CC. The molecule has 0 radical (unpaired) electrons. The van der Waals surface area contributed by atoms with E-state index in [1.807, 2.05) is 0 Å². The van der Waals surface area contributed by atoms with Gasteiger partial charge in [-0.05, 0) is 128 Å². The molecule has 0 saturated carbocycles. The van der Waals surface area contributed by atoms with Crippen molar-refractivity contribution in [1.82, 2.24) is 0 Å². The highest BCUT2D eigenvalue weighted by Crippen LogP contribution is 2.14. The molecule has 0 aromatic heterocycles. The van der Waals surface area contributed by atoms with Gasteiger partial charge in [0.25, 0.3) is 0 Å². The predicted octanol–water partition coefficient (Wildman–Crippen LogP) is 20.7.